The van der Waals surface area contributed by atoms with Gasteiger partial charge in [0.25, 0.3) is 0 Å². The standard InChI is InChI=1S/C3H3N3O3.Mg.H2O.Sn.Zn.5H/c7-1-4-2(8)6-3(9)5-1;;;;;;;;;/h(H3,4,5,6,7,8,9);;1H2;;;;;;;/q;;;+1;;;;;;/p-1. The normalized spacial score (nSPS) is 7.15. The van der Waals surface area contributed by atoms with Gasteiger partial charge in [0.2, 0.25) is 0 Å². The van der Waals surface area contributed by atoms with Gasteiger partial charge in [0.05, 0.1) is 0 Å². The van der Waals surface area contributed by atoms with Crippen molar-refractivity contribution < 1.29 is 22.9 Å². The van der Waals surface area contributed by atoms with E-state index in [-0.39, 0.29) is 65.5 Å². The van der Waals surface area contributed by atoms with E-state index in [2.05, 4.69) is 0 Å². The molecule has 1 aromatic heterocycles. The Labute approximate surface area is 114 Å². The zero-order valence-corrected chi connectivity index (χ0v) is 15.1. The molecule has 0 aromatic carbocycles. The van der Waals surface area contributed by atoms with Gasteiger partial charge in [0.15, 0.2) is 0 Å². The van der Waals surface area contributed by atoms with Crippen LogP contribution in [0.5, 0.6) is 0 Å². The van der Waals surface area contributed by atoms with E-state index in [0.29, 0.717) is 0 Å². The third-order valence-electron chi connectivity index (χ3n) is 0.681. The van der Waals surface area contributed by atoms with Crippen LogP contribution in [0.1, 0.15) is 0 Å². The maximum Gasteiger partial charge on any atom is 0 e. The molecule has 0 radical (unpaired) electrons. The molecule has 0 amide bonds. The molecule has 0 aliphatic carbocycles. The van der Waals surface area contributed by atoms with E-state index < -0.39 is 17.1 Å². The summed E-state index contributed by atoms with van der Waals surface area (Å²) >= 11 is -0.0500. The predicted octanol–water partition coefficient (Wildman–Crippen LogP) is -4.91. The van der Waals surface area contributed by atoms with E-state index in [4.69, 9.17) is 3.44 Å². The molecule has 13 heavy (non-hydrogen) atoms. The summed E-state index contributed by atoms with van der Waals surface area (Å²) in [7, 11) is 0. The van der Waals surface area contributed by atoms with Crippen molar-refractivity contribution in [1.82, 2.24) is 15.0 Å². The predicted molar refractivity (Wildman–Crippen MR) is 49.0 cm³/mol. The van der Waals surface area contributed by atoms with Gasteiger partial charge < -0.3 is 0 Å². The largest absolute Gasteiger partial charge is 0 e. The molecule has 0 bridgehead atoms. The summed E-state index contributed by atoms with van der Waals surface area (Å²) in [5.41, 5.74) is -2.41. The Morgan fingerprint density at radius 1 is 0.846 bits per heavy atom. The van der Waals surface area contributed by atoms with Gasteiger partial charge in [-0.05, 0) is 0 Å². The molecule has 0 saturated carbocycles. The van der Waals surface area contributed by atoms with Crippen LogP contribution in [-0.2, 0) is 19.5 Å². The number of aromatic amines is 3. The van der Waals surface area contributed by atoms with Gasteiger partial charge in [-0.1, -0.05) is 0 Å². The zero-order valence-electron chi connectivity index (χ0n) is 6.38. The first-order valence-corrected chi connectivity index (χ1v) is 5.11. The van der Waals surface area contributed by atoms with Crippen molar-refractivity contribution in [2.24, 2.45) is 0 Å². The third-order valence-corrected chi connectivity index (χ3v) is 0.681. The van der Waals surface area contributed by atoms with Crippen molar-refractivity contribution in [2.75, 3.05) is 0 Å². The van der Waals surface area contributed by atoms with Crippen LogP contribution in [-0.4, -0.2) is 64.4 Å². The van der Waals surface area contributed by atoms with Crippen LogP contribution in [0.25, 0.3) is 0 Å². The summed E-state index contributed by atoms with van der Waals surface area (Å²) in [4.78, 5) is 35.9. The van der Waals surface area contributed by atoms with Crippen LogP contribution in [0.3, 0.4) is 0 Å². The maximum absolute atomic E-state index is 10.2. The molecule has 1 rings (SSSR count). The Hall–Kier alpha value is 0.558. The summed E-state index contributed by atoms with van der Waals surface area (Å²) in [5, 5.41) is 0. The van der Waals surface area contributed by atoms with Gasteiger partial charge >= 0.3 is 66.5 Å². The van der Waals surface area contributed by atoms with Crippen molar-refractivity contribution in [3.8, 4) is 0 Å². The van der Waals surface area contributed by atoms with Crippen molar-refractivity contribution in [2.45, 2.75) is 0 Å². The molecule has 10 heteroatoms. The minimum atomic E-state index is -0.802. The Morgan fingerprint density at radius 3 is 1.15 bits per heavy atom. The summed E-state index contributed by atoms with van der Waals surface area (Å²) in [5.74, 6) is 0. The Bertz CT molecular complexity index is 293. The smallest absolute Gasteiger partial charge is 0 e. The first kappa shape index (κ1) is 19.2. The topological polar surface area (TPSA) is 119 Å². The molecular weight excluding hydrogens is 350 g/mol. The molecule has 0 atom stereocenters. The monoisotopic (exact) mass is 359 g/mol. The molecule has 0 fully saturated rings. The van der Waals surface area contributed by atoms with Gasteiger partial charge in [-0.2, -0.15) is 0 Å². The van der Waals surface area contributed by atoms with Crippen molar-refractivity contribution >= 4 is 46.0 Å². The van der Waals surface area contributed by atoms with Gasteiger partial charge in [0.1, 0.15) is 0 Å². The summed E-state index contributed by atoms with van der Waals surface area (Å²) < 4.78 is 7.21. The molecule has 7 nitrogen and oxygen atoms in total. The van der Waals surface area contributed by atoms with Gasteiger partial charge in [-0.3, -0.25) is 15.0 Å². The molecule has 0 aliphatic rings. The SMILES string of the molecule is O=c1[nH]c(=O)[nH]c(=O)[nH]1.[MgH2].[OH][SnH3].[Zn]. The number of rotatable bonds is 0. The van der Waals surface area contributed by atoms with E-state index in [1.54, 1.807) is 15.0 Å². The number of hydrogen-bond acceptors (Lipinski definition) is 4. The number of H-pyrrole nitrogens is 3. The molecule has 0 saturated heterocycles. The minimum absolute atomic E-state index is 0. The van der Waals surface area contributed by atoms with E-state index in [1.165, 1.54) is 0 Å². The minimum Gasteiger partial charge on any atom is 0 e. The van der Waals surface area contributed by atoms with Gasteiger partial charge in [-0.15, -0.1) is 0 Å². The Balaban J connectivity index is -0.000000234. The van der Waals surface area contributed by atoms with Crippen molar-refractivity contribution in [3.05, 3.63) is 31.5 Å². The molecule has 0 aliphatic heterocycles. The molecular formula is C3H9MgN3O4SnZn. The van der Waals surface area contributed by atoms with Crippen LogP contribution in [0.2, 0.25) is 0 Å². The fourth-order valence-electron chi connectivity index (χ4n) is 0.403. The van der Waals surface area contributed by atoms with E-state index in [1.807, 2.05) is 0 Å². The fraction of sp³-hybridized carbons (Fsp3) is 0. The average Bonchev–Trinajstić information content (AvgIpc) is 1.88. The molecule has 0 spiro atoms. The third kappa shape index (κ3) is 8.88. The Kier molecular flexibility index (Phi) is 15.7. The first-order chi connectivity index (χ1) is 5.18. The molecule has 1 heterocycles. The number of nitrogens with one attached hydrogen (secondary N) is 3. The van der Waals surface area contributed by atoms with E-state index in [9.17, 15) is 14.4 Å². The molecule has 1 aromatic rings. The second-order valence-corrected chi connectivity index (χ2v) is 1.36. The number of hydrogen-bond donors (Lipinski definition) is 4. The summed E-state index contributed by atoms with van der Waals surface area (Å²) in [6.45, 7) is 0. The van der Waals surface area contributed by atoms with Crippen molar-refractivity contribution in [3.63, 3.8) is 0 Å². The maximum atomic E-state index is 10.2. The first-order valence-electron chi connectivity index (χ1n) is 2.56. The number of aromatic nitrogens is 3. The summed E-state index contributed by atoms with van der Waals surface area (Å²) in [6, 6.07) is 0. The van der Waals surface area contributed by atoms with E-state index >= 15 is 0 Å². The van der Waals surface area contributed by atoms with Crippen LogP contribution in [0.15, 0.2) is 14.4 Å². The van der Waals surface area contributed by atoms with Crippen LogP contribution < -0.4 is 17.1 Å². The van der Waals surface area contributed by atoms with E-state index in [0.717, 1.165) is 0 Å². The van der Waals surface area contributed by atoms with Crippen LogP contribution in [0.4, 0.5) is 0 Å². The molecule has 0 unspecified atom stereocenters. The molecule has 4 N–H and O–H groups in total. The quantitative estimate of drug-likeness (QED) is 0.347. The second kappa shape index (κ2) is 10.6. The van der Waals surface area contributed by atoms with Crippen LogP contribution in [0, 0.1) is 0 Å². The van der Waals surface area contributed by atoms with Gasteiger partial charge in [0, 0.05) is 19.5 Å². The summed E-state index contributed by atoms with van der Waals surface area (Å²) in [6.07, 6.45) is 0. The average molecular weight is 360 g/mol. The van der Waals surface area contributed by atoms with Crippen molar-refractivity contribution in [1.29, 1.82) is 0 Å². The zero-order chi connectivity index (χ0) is 8.85. The fourth-order valence-corrected chi connectivity index (χ4v) is 0.403. The Morgan fingerprint density at radius 2 is 1.00 bits per heavy atom. The van der Waals surface area contributed by atoms with Crippen LogP contribution >= 0.6 is 0 Å². The molecule has 68 valence electrons. The second-order valence-electron chi connectivity index (χ2n) is 1.36. The van der Waals surface area contributed by atoms with Gasteiger partial charge in [-0.25, -0.2) is 14.4 Å².